The van der Waals surface area contributed by atoms with Crippen LogP contribution in [0.15, 0.2) is 72.8 Å². The van der Waals surface area contributed by atoms with Crippen LogP contribution in [0.2, 0.25) is 0 Å². The average molecular weight is 515 g/mol. The van der Waals surface area contributed by atoms with Gasteiger partial charge in [0.05, 0.1) is 11.6 Å². The molecule has 0 spiro atoms. The monoisotopic (exact) mass is 514 g/mol. The molecule has 5 rings (SSSR count). The molecule has 2 amide bonds. The lowest BCUT2D eigenvalue weighted by Gasteiger charge is -2.40. The van der Waals surface area contributed by atoms with Crippen molar-refractivity contribution in [2.75, 3.05) is 29.9 Å². The number of carbonyl (C=O) groups is 1. The van der Waals surface area contributed by atoms with Gasteiger partial charge in [0.15, 0.2) is 5.82 Å². The third-order valence-corrected chi connectivity index (χ3v) is 6.47. The molecule has 3 aromatic carbocycles. The number of benzene rings is 3. The third kappa shape index (κ3) is 5.18. The number of nitrogens with one attached hydrogen (secondary N) is 1. The molecule has 4 aromatic rings. The molecule has 0 saturated carbocycles. The van der Waals surface area contributed by atoms with Gasteiger partial charge < -0.3 is 19.9 Å². The Balaban J connectivity index is 1.31. The van der Waals surface area contributed by atoms with Gasteiger partial charge in [-0.15, -0.1) is 10.2 Å². The van der Waals surface area contributed by atoms with E-state index in [0.29, 0.717) is 30.9 Å². The van der Waals surface area contributed by atoms with Crippen LogP contribution in [0.5, 0.6) is 5.75 Å². The van der Waals surface area contributed by atoms with Gasteiger partial charge in [-0.05, 0) is 43.3 Å². The smallest absolute Gasteiger partial charge is 0.387 e. The van der Waals surface area contributed by atoms with E-state index >= 15 is 0 Å². The van der Waals surface area contributed by atoms with Crippen LogP contribution >= 0.6 is 0 Å². The van der Waals surface area contributed by atoms with E-state index in [2.05, 4.69) is 31.2 Å². The molecular weight excluding hydrogens is 490 g/mol. The van der Waals surface area contributed by atoms with Crippen LogP contribution in [-0.2, 0) is 0 Å². The van der Waals surface area contributed by atoms with Crippen molar-refractivity contribution in [3.05, 3.63) is 78.4 Å². The van der Waals surface area contributed by atoms with Gasteiger partial charge in [0, 0.05) is 47.7 Å². The van der Waals surface area contributed by atoms with Gasteiger partial charge in [0.2, 0.25) is 0 Å². The number of carbonyl (C=O) groups excluding carboxylic acids is 1. The fourth-order valence-electron chi connectivity index (χ4n) is 4.61. The normalized spacial score (nSPS) is 15.4. The first-order valence-corrected chi connectivity index (χ1v) is 12.1. The van der Waals surface area contributed by atoms with Crippen molar-refractivity contribution in [1.82, 2.24) is 15.1 Å². The molecule has 8 nitrogen and oxygen atoms in total. The Morgan fingerprint density at radius 1 is 1.03 bits per heavy atom. The highest BCUT2D eigenvalue weighted by atomic mass is 19.3. The molecule has 0 radical (unpaired) electrons. The van der Waals surface area contributed by atoms with Gasteiger partial charge in [0.25, 0.3) is 0 Å². The number of nitrogens with zero attached hydrogens (tertiary/aromatic N) is 5. The third-order valence-electron chi connectivity index (χ3n) is 6.47. The summed E-state index contributed by atoms with van der Waals surface area (Å²) in [6, 6.07) is 22.7. The van der Waals surface area contributed by atoms with Crippen molar-refractivity contribution in [2.24, 2.45) is 0 Å². The first-order valence-electron chi connectivity index (χ1n) is 12.1. The highest BCUT2D eigenvalue weighted by Crippen LogP contribution is 2.32. The fourth-order valence-corrected chi connectivity index (χ4v) is 4.61. The minimum Gasteiger partial charge on any atom is -0.435 e. The Hall–Kier alpha value is -4.78. The van der Waals surface area contributed by atoms with Crippen LogP contribution in [-0.4, -0.2) is 53.4 Å². The Kier molecular flexibility index (Phi) is 7.00. The Morgan fingerprint density at radius 2 is 1.74 bits per heavy atom. The molecule has 192 valence electrons. The zero-order valence-corrected chi connectivity index (χ0v) is 20.5. The van der Waals surface area contributed by atoms with E-state index in [1.807, 2.05) is 43.3 Å². The number of ether oxygens (including phenoxy) is 1. The van der Waals surface area contributed by atoms with E-state index in [0.717, 1.165) is 27.8 Å². The average Bonchev–Trinajstić information content (AvgIpc) is 2.93. The lowest BCUT2D eigenvalue weighted by Crippen LogP contribution is -2.55. The molecule has 1 N–H and O–H groups in total. The lowest BCUT2D eigenvalue weighted by molar-refractivity contribution is -0.0498. The number of urea groups is 1. The van der Waals surface area contributed by atoms with E-state index in [1.54, 1.807) is 17.0 Å². The minimum absolute atomic E-state index is 0.0264. The minimum atomic E-state index is -2.90. The van der Waals surface area contributed by atoms with Crippen LogP contribution in [0.4, 0.5) is 25.1 Å². The van der Waals surface area contributed by atoms with Gasteiger partial charge in [-0.25, -0.2) is 4.79 Å². The Labute approximate surface area is 218 Å². The maximum atomic E-state index is 12.9. The Bertz CT molecular complexity index is 1490. The molecule has 1 aliphatic rings. The predicted molar refractivity (Wildman–Crippen MR) is 140 cm³/mol. The summed E-state index contributed by atoms with van der Waals surface area (Å²) in [6.45, 7) is 0.651. The molecular formula is C28H24F2N6O2. The van der Waals surface area contributed by atoms with Crippen LogP contribution in [0.1, 0.15) is 12.5 Å². The van der Waals surface area contributed by atoms with Crippen LogP contribution in [0, 0.1) is 11.3 Å². The summed E-state index contributed by atoms with van der Waals surface area (Å²) in [5, 5.41) is 22.9. The van der Waals surface area contributed by atoms with Crippen LogP contribution in [0.3, 0.4) is 0 Å². The number of anilines is 2. The highest BCUT2D eigenvalue weighted by molar-refractivity contribution is 6.00. The summed E-state index contributed by atoms with van der Waals surface area (Å²) in [5.41, 5.74) is 2.69. The van der Waals surface area contributed by atoms with Crippen molar-refractivity contribution in [1.29, 1.82) is 5.26 Å². The van der Waals surface area contributed by atoms with Crippen molar-refractivity contribution in [3.8, 4) is 23.1 Å². The number of fused-ring (bicyclic) bond motifs is 1. The summed E-state index contributed by atoms with van der Waals surface area (Å²) in [5.74, 6) is 0.776. The number of nitriles is 1. The van der Waals surface area contributed by atoms with Crippen LogP contribution < -0.4 is 15.0 Å². The standard InChI is InChI=1S/C28H24F2N6O2/c1-18-17-35(14-15-36(18)28(37)32-21-10-12-22(13-11-21)38-27(29)30)26-24-5-3-2-4-23(24)25(33-34-26)20-8-6-19(16-31)7-9-20/h2-13,18,27H,14-15,17H2,1H3,(H,32,37)/t18-/m0/s1. The van der Waals surface area contributed by atoms with E-state index in [-0.39, 0.29) is 17.8 Å². The topological polar surface area (TPSA) is 94.4 Å². The summed E-state index contributed by atoms with van der Waals surface area (Å²) in [6.07, 6.45) is 0. The first-order chi connectivity index (χ1) is 18.4. The van der Waals surface area contributed by atoms with Gasteiger partial charge in [-0.1, -0.05) is 36.4 Å². The second kappa shape index (κ2) is 10.7. The molecule has 0 bridgehead atoms. The van der Waals surface area contributed by atoms with E-state index in [9.17, 15) is 13.6 Å². The molecule has 2 heterocycles. The summed E-state index contributed by atoms with van der Waals surface area (Å²) < 4.78 is 29.1. The second-order valence-electron chi connectivity index (χ2n) is 8.93. The number of alkyl halides is 2. The Morgan fingerprint density at radius 3 is 2.39 bits per heavy atom. The number of piperazine rings is 1. The van der Waals surface area contributed by atoms with Crippen LogP contribution in [0.25, 0.3) is 22.0 Å². The molecule has 1 saturated heterocycles. The number of aromatic nitrogens is 2. The zero-order chi connectivity index (χ0) is 26.6. The lowest BCUT2D eigenvalue weighted by atomic mass is 10.0. The van der Waals surface area contributed by atoms with Crippen molar-refractivity contribution in [2.45, 2.75) is 19.6 Å². The first kappa shape index (κ1) is 24.9. The predicted octanol–water partition coefficient (Wildman–Crippen LogP) is 5.51. The van der Waals surface area contributed by atoms with E-state index < -0.39 is 6.61 Å². The van der Waals surface area contributed by atoms with Crippen molar-refractivity contribution >= 4 is 28.3 Å². The van der Waals surface area contributed by atoms with E-state index in [4.69, 9.17) is 5.26 Å². The van der Waals surface area contributed by atoms with Gasteiger partial charge in [-0.2, -0.15) is 14.0 Å². The SMILES string of the molecule is C[C@H]1CN(c2nnc(-c3ccc(C#N)cc3)c3ccccc23)CCN1C(=O)Nc1ccc(OC(F)F)cc1. The molecule has 1 fully saturated rings. The number of hydrogen-bond acceptors (Lipinski definition) is 6. The number of rotatable bonds is 5. The maximum Gasteiger partial charge on any atom is 0.387 e. The summed E-state index contributed by atoms with van der Waals surface area (Å²) in [4.78, 5) is 16.8. The number of hydrogen-bond donors (Lipinski definition) is 1. The molecule has 10 heteroatoms. The maximum absolute atomic E-state index is 12.9. The molecule has 0 unspecified atom stereocenters. The number of halogens is 2. The van der Waals surface area contributed by atoms with E-state index in [1.165, 1.54) is 24.3 Å². The largest absolute Gasteiger partial charge is 0.435 e. The molecule has 1 atom stereocenters. The second-order valence-corrected chi connectivity index (χ2v) is 8.93. The molecule has 1 aliphatic heterocycles. The van der Waals surface area contributed by atoms with Crippen molar-refractivity contribution < 1.29 is 18.3 Å². The summed E-state index contributed by atoms with van der Waals surface area (Å²) in [7, 11) is 0. The highest BCUT2D eigenvalue weighted by Gasteiger charge is 2.29. The fraction of sp³-hybridized carbons (Fsp3) is 0.214. The quantitative estimate of drug-likeness (QED) is 0.377. The van der Waals surface area contributed by atoms with Gasteiger partial charge in [0.1, 0.15) is 11.4 Å². The van der Waals surface area contributed by atoms with Gasteiger partial charge >= 0.3 is 12.6 Å². The van der Waals surface area contributed by atoms with Crippen molar-refractivity contribution in [3.63, 3.8) is 0 Å². The molecule has 1 aromatic heterocycles. The molecule has 38 heavy (non-hydrogen) atoms. The van der Waals surface area contributed by atoms with Gasteiger partial charge in [-0.3, -0.25) is 0 Å². The molecule has 0 aliphatic carbocycles. The number of amides is 2. The zero-order valence-electron chi connectivity index (χ0n) is 20.5. The summed E-state index contributed by atoms with van der Waals surface area (Å²) >= 11 is 0.